The summed E-state index contributed by atoms with van der Waals surface area (Å²) in [7, 11) is 0. The summed E-state index contributed by atoms with van der Waals surface area (Å²) in [6, 6.07) is 0. The van der Waals surface area contributed by atoms with Crippen molar-refractivity contribution < 1.29 is 38.1 Å². The van der Waals surface area contributed by atoms with Crippen LogP contribution in [0.4, 0.5) is 0 Å². The van der Waals surface area contributed by atoms with Gasteiger partial charge in [0.2, 0.25) is 0 Å². The van der Waals surface area contributed by atoms with Gasteiger partial charge in [-0.2, -0.15) is 0 Å². The van der Waals surface area contributed by atoms with Crippen LogP contribution in [0.1, 0.15) is 246 Å². The lowest BCUT2D eigenvalue weighted by Crippen LogP contribution is -2.25. The number of nitrogens with zero attached hydrogens (tertiary/aromatic N) is 1. The van der Waals surface area contributed by atoms with E-state index >= 15 is 0 Å². The van der Waals surface area contributed by atoms with Crippen LogP contribution >= 0.6 is 0 Å². The molecule has 1 aliphatic heterocycles. The third-order valence-corrected chi connectivity index (χ3v) is 11.2. The number of esters is 3. The maximum Gasteiger partial charge on any atom is 0.306 e. The van der Waals surface area contributed by atoms with E-state index in [1.807, 2.05) is 0 Å². The third kappa shape index (κ3) is 40.6. The van der Waals surface area contributed by atoms with Gasteiger partial charge >= 0.3 is 17.9 Å². The molecule has 1 heterocycles. The predicted molar refractivity (Wildman–Crippen MR) is 239 cm³/mol. The van der Waals surface area contributed by atoms with Crippen LogP contribution in [-0.4, -0.2) is 74.3 Å². The van der Waals surface area contributed by atoms with E-state index in [-0.39, 0.29) is 30.1 Å². The Morgan fingerprint density at radius 3 is 1.53 bits per heavy atom. The first kappa shape index (κ1) is 55.8. The molecule has 0 aliphatic carbocycles. The van der Waals surface area contributed by atoms with E-state index in [2.05, 4.69) is 30.4 Å². The van der Waals surface area contributed by atoms with Crippen LogP contribution in [0.25, 0.3) is 0 Å². The Morgan fingerprint density at radius 2 is 1.02 bits per heavy atom. The SMILES string of the molecule is CCCCCCCCC(CCCCCCCC)OC(=O)CCCCCCCOC=O.CCCCCCCCCCCOC(=O)CCCCCN1CCC(OC(C)=O)C1. The second-order valence-corrected chi connectivity index (χ2v) is 16.9. The first-order chi connectivity index (χ1) is 28.4. The van der Waals surface area contributed by atoms with Crippen LogP contribution in [-0.2, 0) is 38.1 Å². The molecule has 0 radical (unpaired) electrons. The molecule has 0 bridgehead atoms. The Kier molecular flexibility index (Phi) is 42.7. The van der Waals surface area contributed by atoms with Gasteiger partial charge < -0.3 is 18.9 Å². The zero-order valence-electron chi connectivity index (χ0n) is 38.5. The summed E-state index contributed by atoms with van der Waals surface area (Å²) < 4.78 is 21.1. The summed E-state index contributed by atoms with van der Waals surface area (Å²) in [4.78, 5) is 47.4. The van der Waals surface area contributed by atoms with E-state index < -0.39 is 0 Å². The van der Waals surface area contributed by atoms with Crippen molar-refractivity contribution in [3.05, 3.63) is 0 Å². The van der Waals surface area contributed by atoms with Gasteiger partial charge in [0.15, 0.2) is 0 Å². The topological polar surface area (TPSA) is 108 Å². The van der Waals surface area contributed by atoms with E-state index in [0.29, 0.717) is 32.5 Å². The summed E-state index contributed by atoms with van der Waals surface area (Å²) in [5, 5.41) is 0. The minimum absolute atomic E-state index is 0.0127. The molecule has 1 fully saturated rings. The molecule has 9 heteroatoms. The predicted octanol–water partition coefficient (Wildman–Crippen LogP) is 13.2. The molecule has 0 saturated carbocycles. The highest BCUT2D eigenvalue weighted by Gasteiger charge is 2.24. The zero-order valence-corrected chi connectivity index (χ0v) is 38.5. The quantitative estimate of drug-likeness (QED) is 0.0258. The lowest BCUT2D eigenvalue weighted by molar-refractivity contribution is -0.150. The second kappa shape index (κ2) is 44.4. The summed E-state index contributed by atoms with van der Waals surface area (Å²) in [5.41, 5.74) is 0. The molecule has 0 N–H and O–H groups in total. The van der Waals surface area contributed by atoms with Gasteiger partial charge in [-0.05, 0) is 70.8 Å². The molecule has 1 saturated heterocycles. The van der Waals surface area contributed by atoms with Crippen molar-refractivity contribution in [1.29, 1.82) is 0 Å². The van der Waals surface area contributed by atoms with E-state index in [0.717, 1.165) is 96.7 Å². The fourth-order valence-corrected chi connectivity index (χ4v) is 7.63. The van der Waals surface area contributed by atoms with Crippen LogP contribution < -0.4 is 0 Å². The number of carbonyl (C=O) groups excluding carboxylic acids is 4. The van der Waals surface area contributed by atoms with Gasteiger partial charge in [0.25, 0.3) is 6.47 Å². The highest BCUT2D eigenvalue weighted by atomic mass is 16.5. The van der Waals surface area contributed by atoms with Gasteiger partial charge in [0.1, 0.15) is 12.2 Å². The van der Waals surface area contributed by atoms with Gasteiger partial charge in [0, 0.05) is 32.9 Å². The Balaban J connectivity index is 0.00000112. The van der Waals surface area contributed by atoms with Gasteiger partial charge in [-0.15, -0.1) is 0 Å². The molecule has 1 atom stereocenters. The van der Waals surface area contributed by atoms with Crippen LogP contribution in [0.3, 0.4) is 0 Å². The third-order valence-electron chi connectivity index (χ3n) is 11.2. The molecular formula is C49H93NO8. The molecule has 9 nitrogen and oxygen atoms in total. The van der Waals surface area contributed by atoms with Crippen molar-refractivity contribution in [3.63, 3.8) is 0 Å². The number of unbranched alkanes of at least 4 members (excludes halogenated alkanes) is 24. The molecule has 0 aromatic heterocycles. The summed E-state index contributed by atoms with van der Waals surface area (Å²) in [6.07, 6.45) is 39.2. The average molecular weight is 824 g/mol. The molecular weight excluding hydrogens is 731 g/mol. The number of likely N-dealkylation sites (tertiary alicyclic amines) is 1. The van der Waals surface area contributed by atoms with E-state index in [4.69, 9.17) is 14.2 Å². The zero-order chi connectivity index (χ0) is 42.6. The molecule has 0 aromatic rings. The van der Waals surface area contributed by atoms with Crippen molar-refractivity contribution >= 4 is 24.4 Å². The monoisotopic (exact) mass is 824 g/mol. The minimum atomic E-state index is -0.187. The van der Waals surface area contributed by atoms with Crippen LogP contribution in [0.2, 0.25) is 0 Å². The van der Waals surface area contributed by atoms with Crippen molar-refractivity contribution in [3.8, 4) is 0 Å². The van der Waals surface area contributed by atoms with E-state index in [1.54, 1.807) is 0 Å². The maximum absolute atomic E-state index is 12.3. The molecule has 1 aliphatic rings. The minimum Gasteiger partial charge on any atom is -0.468 e. The standard InChI is InChI=1S/C26H50O4.C23H43NO4/c1-3-5-7-9-12-16-20-25(21-17-13-10-8-6-4-2)30-26(28)22-18-14-11-15-19-23-29-24-27;1-3-4-5-6-7-8-9-10-14-19-27-23(26)15-12-11-13-17-24-18-16-22(20-24)28-21(2)25/h24-25H,3-23H2,1-2H3;22H,3-20H2,1-2H3. The molecule has 0 amide bonds. The fraction of sp³-hybridized carbons (Fsp3) is 0.918. The number of hydrogen-bond acceptors (Lipinski definition) is 9. The molecule has 342 valence electrons. The summed E-state index contributed by atoms with van der Waals surface area (Å²) in [5.74, 6) is -0.246. The smallest absolute Gasteiger partial charge is 0.306 e. The van der Waals surface area contributed by atoms with Gasteiger partial charge in [-0.3, -0.25) is 24.1 Å². The van der Waals surface area contributed by atoms with Crippen molar-refractivity contribution in [1.82, 2.24) is 4.90 Å². The van der Waals surface area contributed by atoms with Crippen molar-refractivity contribution in [2.24, 2.45) is 0 Å². The fourth-order valence-electron chi connectivity index (χ4n) is 7.63. The first-order valence-corrected chi connectivity index (χ1v) is 24.7. The van der Waals surface area contributed by atoms with E-state index in [1.165, 1.54) is 135 Å². The molecule has 58 heavy (non-hydrogen) atoms. The molecule has 1 rings (SSSR count). The Morgan fingerprint density at radius 1 is 0.569 bits per heavy atom. The first-order valence-electron chi connectivity index (χ1n) is 24.7. The molecule has 0 aromatic carbocycles. The van der Waals surface area contributed by atoms with Gasteiger partial charge in [-0.1, -0.05) is 162 Å². The maximum atomic E-state index is 12.3. The Bertz CT molecular complexity index is 914. The largest absolute Gasteiger partial charge is 0.468 e. The van der Waals surface area contributed by atoms with E-state index in [9.17, 15) is 19.2 Å². The highest BCUT2D eigenvalue weighted by molar-refractivity contribution is 5.69. The van der Waals surface area contributed by atoms with Crippen molar-refractivity contribution in [2.45, 2.75) is 258 Å². The Hall–Kier alpha value is -2.16. The summed E-state index contributed by atoms with van der Waals surface area (Å²) in [6.45, 7) is 12.7. The van der Waals surface area contributed by atoms with Crippen molar-refractivity contribution in [2.75, 3.05) is 32.8 Å². The summed E-state index contributed by atoms with van der Waals surface area (Å²) >= 11 is 0. The van der Waals surface area contributed by atoms with Crippen LogP contribution in [0, 0.1) is 0 Å². The second-order valence-electron chi connectivity index (χ2n) is 16.9. The highest BCUT2D eigenvalue weighted by Crippen LogP contribution is 2.19. The lowest BCUT2D eigenvalue weighted by Gasteiger charge is -2.18. The van der Waals surface area contributed by atoms with Gasteiger partial charge in [-0.25, -0.2) is 0 Å². The normalized spacial score (nSPS) is 13.9. The average Bonchev–Trinajstić information content (AvgIpc) is 3.65. The molecule has 1 unspecified atom stereocenters. The number of ether oxygens (including phenoxy) is 4. The Labute approximate surface area is 357 Å². The van der Waals surface area contributed by atoms with Crippen LogP contribution in [0.15, 0.2) is 0 Å². The van der Waals surface area contributed by atoms with Gasteiger partial charge in [0.05, 0.1) is 13.2 Å². The number of hydrogen-bond donors (Lipinski definition) is 0. The lowest BCUT2D eigenvalue weighted by atomic mass is 10.0. The molecule has 0 spiro atoms. The number of carbonyl (C=O) groups is 4. The number of rotatable bonds is 41. The van der Waals surface area contributed by atoms with Crippen LogP contribution in [0.5, 0.6) is 0 Å².